The van der Waals surface area contributed by atoms with Crippen molar-refractivity contribution < 1.29 is 14.4 Å². The Morgan fingerprint density at radius 3 is 2.71 bits per heavy atom. The maximum absolute atomic E-state index is 12.5. The first kappa shape index (κ1) is 15.0. The van der Waals surface area contributed by atoms with E-state index in [1.54, 1.807) is 36.7 Å². The van der Waals surface area contributed by atoms with E-state index < -0.39 is 12.1 Å². The van der Waals surface area contributed by atoms with Crippen molar-refractivity contribution in [3.05, 3.63) is 30.3 Å². The SMILES string of the molecule is CNC(=O)C1CNCCN1C(=O)N([C]=O)c1ccccc1. The number of anilines is 1. The highest BCUT2D eigenvalue weighted by molar-refractivity contribution is 6.07. The van der Waals surface area contributed by atoms with Gasteiger partial charge >= 0.3 is 12.4 Å². The summed E-state index contributed by atoms with van der Waals surface area (Å²) in [5, 5.41) is 5.59. The summed E-state index contributed by atoms with van der Waals surface area (Å²) in [6.07, 6.45) is 1.63. The molecule has 1 atom stereocenters. The van der Waals surface area contributed by atoms with Gasteiger partial charge in [0.25, 0.3) is 0 Å². The van der Waals surface area contributed by atoms with Gasteiger partial charge in [0.05, 0.1) is 5.69 Å². The van der Waals surface area contributed by atoms with Crippen LogP contribution in [0.15, 0.2) is 30.3 Å². The Morgan fingerprint density at radius 1 is 1.38 bits per heavy atom. The zero-order valence-corrected chi connectivity index (χ0v) is 11.7. The molecule has 1 aliphatic heterocycles. The van der Waals surface area contributed by atoms with Gasteiger partial charge in [0.2, 0.25) is 5.91 Å². The quantitative estimate of drug-likeness (QED) is 0.749. The van der Waals surface area contributed by atoms with Gasteiger partial charge in [0.1, 0.15) is 6.04 Å². The number of hydrogen-bond donors (Lipinski definition) is 2. The molecular weight excluding hydrogens is 272 g/mol. The van der Waals surface area contributed by atoms with E-state index in [2.05, 4.69) is 10.6 Å². The average Bonchev–Trinajstić information content (AvgIpc) is 2.55. The number of imide groups is 1. The number of benzene rings is 1. The molecular formula is C14H17N4O3. The van der Waals surface area contributed by atoms with E-state index in [-0.39, 0.29) is 5.91 Å². The lowest BCUT2D eigenvalue weighted by molar-refractivity contribution is -0.125. The molecule has 1 aromatic carbocycles. The molecule has 2 N–H and O–H groups in total. The Hall–Kier alpha value is -2.41. The number of amides is 4. The topological polar surface area (TPSA) is 81.8 Å². The largest absolute Gasteiger partial charge is 0.357 e. The molecule has 111 valence electrons. The van der Waals surface area contributed by atoms with Gasteiger partial charge in [-0.3, -0.25) is 9.59 Å². The molecule has 4 amide bonds. The van der Waals surface area contributed by atoms with Crippen LogP contribution in [0.4, 0.5) is 10.5 Å². The lowest BCUT2D eigenvalue weighted by Gasteiger charge is -2.36. The molecule has 1 aliphatic rings. The summed E-state index contributed by atoms with van der Waals surface area (Å²) in [5.41, 5.74) is 0.423. The number of urea groups is 1. The Morgan fingerprint density at radius 2 is 2.10 bits per heavy atom. The van der Waals surface area contributed by atoms with Gasteiger partial charge in [-0.15, -0.1) is 0 Å². The van der Waals surface area contributed by atoms with Crippen LogP contribution in [-0.2, 0) is 9.59 Å². The molecule has 0 aromatic heterocycles. The summed E-state index contributed by atoms with van der Waals surface area (Å²) in [4.78, 5) is 37.9. The third kappa shape index (κ3) is 3.19. The van der Waals surface area contributed by atoms with Crippen molar-refractivity contribution in [2.45, 2.75) is 6.04 Å². The second kappa shape index (κ2) is 6.85. The average molecular weight is 289 g/mol. The van der Waals surface area contributed by atoms with Gasteiger partial charge in [-0.2, -0.15) is 0 Å². The maximum Gasteiger partial charge on any atom is 0.332 e. The summed E-state index contributed by atoms with van der Waals surface area (Å²) in [5.74, 6) is -0.269. The van der Waals surface area contributed by atoms with Crippen molar-refractivity contribution in [2.75, 3.05) is 31.6 Å². The van der Waals surface area contributed by atoms with E-state index in [1.165, 1.54) is 11.9 Å². The van der Waals surface area contributed by atoms with Crippen LogP contribution in [0.1, 0.15) is 0 Å². The lowest BCUT2D eigenvalue weighted by Crippen LogP contribution is -2.61. The van der Waals surface area contributed by atoms with Crippen LogP contribution in [-0.4, -0.2) is 56.0 Å². The van der Waals surface area contributed by atoms with Crippen molar-refractivity contribution in [3.63, 3.8) is 0 Å². The zero-order chi connectivity index (χ0) is 15.2. The third-order valence-corrected chi connectivity index (χ3v) is 3.34. The first-order valence-corrected chi connectivity index (χ1v) is 6.65. The Balaban J connectivity index is 2.23. The Labute approximate surface area is 122 Å². The normalized spacial score (nSPS) is 18.0. The number of rotatable bonds is 3. The fraction of sp³-hybridized carbons (Fsp3) is 0.357. The standard InChI is InChI=1S/C14H17N4O3/c1-15-13(20)12-9-16-7-8-17(12)14(21)18(10-19)11-5-3-2-4-6-11/h2-6,12,16H,7-9H2,1H3,(H,15,20). The lowest BCUT2D eigenvalue weighted by atomic mass is 10.2. The molecule has 21 heavy (non-hydrogen) atoms. The molecule has 1 fully saturated rings. The van der Waals surface area contributed by atoms with E-state index in [1.807, 2.05) is 0 Å². The first-order valence-electron chi connectivity index (χ1n) is 6.65. The van der Waals surface area contributed by atoms with Gasteiger partial charge < -0.3 is 15.5 Å². The van der Waals surface area contributed by atoms with Crippen LogP contribution >= 0.6 is 0 Å². The first-order chi connectivity index (χ1) is 10.2. The van der Waals surface area contributed by atoms with Gasteiger partial charge in [0.15, 0.2) is 0 Å². The van der Waals surface area contributed by atoms with Crippen LogP contribution in [0.5, 0.6) is 0 Å². The fourth-order valence-corrected chi connectivity index (χ4v) is 2.24. The highest BCUT2D eigenvalue weighted by atomic mass is 16.2. The Bertz CT molecular complexity index is 520. The van der Waals surface area contributed by atoms with E-state index in [4.69, 9.17) is 0 Å². The summed E-state index contributed by atoms with van der Waals surface area (Å²) in [6.45, 7) is 1.27. The van der Waals surface area contributed by atoms with E-state index in [9.17, 15) is 14.4 Å². The van der Waals surface area contributed by atoms with Crippen molar-refractivity contribution in [2.24, 2.45) is 0 Å². The second-order valence-corrected chi connectivity index (χ2v) is 4.57. The zero-order valence-electron chi connectivity index (χ0n) is 11.7. The predicted octanol–water partition coefficient (Wildman–Crippen LogP) is -0.300. The molecule has 1 radical (unpaired) electrons. The number of nitrogens with one attached hydrogen (secondary N) is 2. The van der Waals surface area contributed by atoms with Crippen molar-refractivity contribution in [1.82, 2.24) is 15.5 Å². The van der Waals surface area contributed by atoms with Crippen molar-refractivity contribution in [3.8, 4) is 0 Å². The smallest absolute Gasteiger partial charge is 0.332 e. The van der Waals surface area contributed by atoms with Crippen LogP contribution in [0.25, 0.3) is 0 Å². The molecule has 1 aromatic rings. The number of para-hydroxylation sites is 1. The van der Waals surface area contributed by atoms with E-state index >= 15 is 0 Å². The molecule has 0 bridgehead atoms. The van der Waals surface area contributed by atoms with Crippen molar-refractivity contribution >= 4 is 24.0 Å². The minimum atomic E-state index is -0.643. The highest BCUT2D eigenvalue weighted by Crippen LogP contribution is 2.16. The molecule has 1 heterocycles. The maximum atomic E-state index is 12.5. The molecule has 1 saturated heterocycles. The summed E-state index contributed by atoms with van der Waals surface area (Å²) in [6, 6.07) is 7.32. The minimum Gasteiger partial charge on any atom is -0.357 e. The highest BCUT2D eigenvalue weighted by Gasteiger charge is 2.34. The van der Waals surface area contributed by atoms with E-state index in [0.29, 0.717) is 25.3 Å². The number of carbonyl (C=O) groups excluding carboxylic acids is 3. The monoisotopic (exact) mass is 289 g/mol. The summed E-state index contributed by atoms with van der Waals surface area (Å²) < 4.78 is 0. The van der Waals surface area contributed by atoms with Crippen LogP contribution in [0, 0.1) is 0 Å². The number of piperazine rings is 1. The van der Waals surface area contributed by atoms with Crippen LogP contribution in [0.2, 0.25) is 0 Å². The third-order valence-electron chi connectivity index (χ3n) is 3.34. The predicted molar refractivity (Wildman–Crippen MR) is 77.4 cm³/mol. The second-order valence-electron chi connectivity index (χ2n) is 4.57. The summed E-state index contributed by atoms with van der Waals surface area (Å²) in [7, 11) is 1.51. The van der Waals surface area contributed by atoms with Gasteiger partial charge in [-0.1, -0.05) is 18.2 Å². The van der Waals surface area contributed by atoms with Crippen molar-refractivity contribution in [1.29, 1.82) is 0 Å². The molecule has 0 saturated carbocycles. The Kier molecular flexibility index (Phi) is 4.89. The molecule has 2 rings (SSSR count). The number of hydrogen-bond acceptors (Lipinski definition) is 4. The van der Waals surface area contributed by atoms with Gasteiger partial charge in [-0.05, 0) is 12.1 Å². The van der Waals surface area contributed by atoms with Crippen LogP contribution < -0.4 is 15.5 Å². The number of likely N-dealkylation sites (N-methyl/N-ethyl adjacent to an activating group) is 1. The number of nitrogens with zero attached hydrogens (tertiary/aromatic N) is 2. The molecule has 0 aliphatic carbocycles. The molecule has 7 nitrogen and oxygen atoms in total. The minimum absolute atomic E-state index is 0.269. The molecule has 1 unspecified atom stereocenters. The molecule has 7 heteroatoms. The summed E-state index contributed by atoms with van der Waals surface area (Å²) >= 11 is 0. The number of carbonyl (C=O) groups is 2. The van der Waals surface area contributed by atoms with E-state index in [0.717, 1.165) is 4.90 Å². The van der Waals surface area contributed by atoms with Gasteiger partial charge in [0, 0.05) is 26.7 Å². The van der Waals surface area contributed by atoms with Crippen LogP contribution in [0.3, 0.4) is 0 Å². The fourth-order valence-electron chi connectivity index (χ4n) is 2.24. The molecule has 0 spiro atoms. The van der Waals surface area contributed by atoms with Gasteiger partial charge in [-0.25, -0.2) is 9.69 Å².